The molecule has 0 saturated heterocycles. The summed E-state index contributed by atoms with van der Waals surface area (Å²) in [5.41, 5.74) is 5.27. The fourth-order valence-corrected chi connectivity index (χ4v) is 2.83. The van der Waals surface area contributed by atoms with E-state index in [0.29, 0.717) is 12.1 Å². The molecule has 2 aromatic carbocycles. The minimum absolute atomic E-state index is 0.0429. The van der Waals surface area contributed by atoms with E-state index in [9.17, 15) is 4.79 Å². The number of aromatic nitrogens is 4. The molecule has 6 heteroatoms. The van der Waals surface area contributed by atoms with Gasteiger partial charge in [0.2, 0.25) is 5.91 Å². The number of nitrogens with one attached hydrogen (secondary N) is 1. The van der Waals surface area contributed by atoms with Crippen LogP contribution in [0.1, 0.15) is 11.1 Å². The van der Waals surface area contributed by atoms with Crippen LogP contribution in [0.3, 0.4) is 0 Å². The van der Waals surface area contributed by atoms with Gasteiger partial charge < -0.3 is 5.32 Å². The molecule has 0 radical (unpaired) electrons. The number of hydrogen-bond acceptors (Lipinski definition) is 4. The molecule has 0 aliphatic carbocycles. The van der Waals surface area contributed by atoms with Gasteiger partial charge in [-0.1, -0.05) is 36.4 Å². The Morgan fingerprint density at radius 3 is 2.85 bits per heavy atom. The van der Waals surface area contributed by atoms with E-state index in [1.54, 1.807) is 10.8 Å². The van der Waals surface area contributed by atoms with Crippen molar-refractivity contribution < 1.29 is 4.79 Å². The lowest BCUT2D eigenvalue weighted by molar-refractivity contribution is -0.115. The standard InChI is InChI=1S/C20H17N5O/c1-14-5-2-3-6-15(14)12-20(26)22-17-8-4-7-16(11-17)18-9-10-19-23-21-13-25(19)24-18/h2-11,13H,12H2,1H3,(H,22,26). The molecule has 0 saturated carbocycles. The predicted molar refractivity (Wildman–Crippen MR) is 99.7 cm³/mol. The van der Waals surface area contributed by atoms with Crippen molar-refractivity contribution in [3.8, 4) is 11.3 Å². The van der Waals surface area contributed by atoms with Crippen LogP contribution in [0.4, 0.5) is 5.69 Å². The molecule has 1 N–H and O–H groups in total. The zero-order valence-electron chi connectivity index (χ0n) is 14.3. The van der Waals surface area contributed by atoms with E-state index in [1.165, 1.54) is 0 Å². The van der Waals surface area contributed by atoms with Gasteiger partial charge in [-0.15, -0.1) is 10.2 Å². The Morgan fingerprint density at radius 1 is 1.08 bits per heavy atom. The molecule has 0 spiro atoms. The van der Waals surface area contributed by atoms with Gasteiger partial charge in [0.05, 0.1) is 12.1 Å². The third-order valence-electron chi connectivity index (χ3n) is 4.22. The molecule has 0 bridgehead atoms. The maximum absolute atomic E-state index is 12.4. The molecular weight excluding hydrogens is 326 g/mol. The van der Waals surface area contributed by atoms with Crippen molar-refractivity contribution in [2.24, 2.45) is 0 Å². The molecule has 4 aromatic rings. The highest BCUT2D eigenvalue weighted by molar-refractivity contribution is 5.93. The molecule has 1 amide bonds. The van der Waals surface area contributed by atoms with Gasteiger partial charge in [-0.25, -0.2) is 0 Å². The van der Waals surface area contributed by atoms with Crippen LogP contribution in [0.5, 0.6) is 0 Å². The van der Waals surface area contributed by atoms with Crippen LogP contribution >= 0.6 is 0 Å². The van der Waals surface area contributed by atoms with Crippen molar-refractivity contribution in [3.05, 3.63) is 78.1 Å². The number of nitrogens with zero attached hydrogens (tertiary/aromatic N) is 4. The van der Waals surface area contributed by atoms with Gasteiger partial charge in [0, 0.05) is 11.3 Å². The Bertz CT molecular complexity index is 1090. The Morgan fingerprint density at radius 2 is 1.96 bits per heavy atom. The minimum atomic E-state index is -0.0429. The molecule has 0 atom stereocenters. The molecule has 0 aliphatic heterocycles. The first-order chi connectivity index (χ1) is 12.7. The second-order valence-electron chi connectivity index (χ2n) is 6.08. The van der Waals surface area contributed by atoms with E-state index in [1.807, 2.05) is 67.6 Å². The summed E-state index contributed by atoms with van der Waals surface area (Å²) in [5, 5.41) is 15.2. The molecule has 0 aliphatic rings. The number of anilines is 1. The largest absolute Gasteiger partial charge is 0.326 e. The topological polar surface area (TPSA) is 72.2 Å². The first-order valence-electron chi connectivity index (χ1n) is 8.31. The van der Waals surface area contributed by atoms with E-state index < -0.39 is 0 Å². The van der Waals surface area contributed by atoms with Crippen molar-refractivity contribution in [3.63, 3.8) is 0 Å². The molecule has 0 fully saturated rings. The summed E-state index contributed by atoms with van der Waals surface area (Å²) in [5.74, 6) is -0.0429. The molecular formula is C20H17N5O. The average Bonchev–Trinajstić information content (AvgIpc) is 3.11. The van der Waals surface area contributed by atoms with Crippen molar-refractivity contribution in [1.82, 2.24) is 19.8 Å². The van der Waals surface area contributed by atoms with Crippen LogP contribution in [0.25, 0.3) is 16.9 Å². The van der Waals surface area contributed by atoms with Gasteiger partial charge in [-0.05, 0) is 42.3 Å². The smallest absolute Gasteiger partial charge is 0.228 e. The third kappa shape index (κ3) is 3.30. The monoisotopic (exact) mass is 343 g/mol. The summed E-state index contributed by atoms with van der Waals surface area (Å²) in [4.78, 5) is 12.4. The Kier molecular flexibility index (Phi) is 4.15. The Hall–Kier alpha value is -3.54. The summed E-state index contributed by atoms with van der Waals surface area (Å²) in [6.45, 7) is 2.01. The average molecular weight is 343 g/mol. The van der Waals surface area contributed by atoms with Crippen LogP contribution in [0, 0.1) is 6.92 Å². The van der Waals surface area contributed by atoms with Crippen molar-refractivity contribution in [2.45, 2.75) is 13.3 Å². The summed E-state index contributed by atoms with van der Waals surface area (Å²) in [6, 6.07) is 19.3. The van der Waals surface area contributed by atoms with Crippen LogP contribution in [0.2, 0.25) is 0 Å². The fraction of sp³-hybridized carbons (Fsp3) is 0.100. The van der Waals surface area contributed by atoms with Gasteiger partial charge in [-0.3, -0.25) is 4.79 Å². The molecule has 0 unspecified atom stereocenters. The van der Waals surface area contributed by atoms with E-state index in [2.05, 4.69) is 20.6 Å². The number of amides is 1. The van der Waals surface area contributed by atoms with Crippen LogP contribution in [0.15, 0.2) is 67.0 Å². The molecule has 2 aromatic heterocycles. The summed E-state index contributed by atoms with van der Waals surface area (Å²) >= 11 is 0. The number of fused-ring (bicyclic) bond motifs is 1. The van der Waals surface area contributed by atoms with E-state index in [4.69, 9.17) is 0 Å². The zero-order valence-corrected chi connectivity index (χ0v) is 14.3. The normalized spacial score (nSPS) is 10.8. The zero-order chi connectivity index (χ0) is 17.9. The van der Waals surface area contributed by atoms with Gasteiger partial charge in [0.25, 0.3) is 0 Å². The highest BCUT2D eigenvalue weighted by Gasteiger charge is 2.08. The van der Waals surface area contributed by atoms with Gasteiger partial charge in [-0.2, -0.15) is 9.61 Å². The molecule has 26 heavy (non-hydrogen) atoms. The number of hydrogen-bond donors (Lipinski definition) is 1. The molecule has 2 heterocycles. The third-order valence-corrected chi connectivity index (χ3v) is 4.22. The number of aryl methyl sites for hydroxylation is 1. The lowest BCUT2D eigenvalue weighted by Gasteiger charge is -2.09. The first-order valence-corrected chi connectivity index (χ1v) is 8.31. The molecule has 128 valence electrons. The van der Waals surface area contributed by atoms with Crippen LogP contribution < -0.4 is 5.32 Å². The lowest BCUT2D eigenvalue weighted by atomic mass is 10.1. The van der Waals surface area contributed by atoms with Crippen molar-refractivity contribution in [2.75, 3.05) is 5.32 Å². The van der Waals surface area contributed by atoms with E-state index in [-0.39, 0.29) is 5.91 Å². The van der Waals surface area contributed by atoms with Gasteiger partial charge in [0.1, 0.15) is 6.33 Å². The Labute approximate surface area is 150 Å². The van der Waals surface area contributed by atoms with E-state index >= 15 is 0 Å². The number of rotatable bonds is 4. The van der Waals surface area contributed by atoms with Gasteiger partial charge >= 0.3 is 0 Å². The molecule has 6 nitrogen and oxygen atoms in total. The number of carbonyl (C=O) groups is 1. The van der Waals surface area contributed by atoms with Gasteiger partial charge in [0.15, 0.2) is 5.65 Å². The second-order valence-corrected chi connectivity index (χ2v) is 6.08. The number of benzene rings is 2. The first kappa shape index (κ1) is 16.0. The summed E-state index contributed by atoms with van der Waals surface area (Å²) < 4.78 is 1.62. The summed E-state index contributed by atoms with van der Waals surface area (Å²) in [7, 11) is 0. The highest BCUT2D eigenvalue weighted by Crippen LogP contribution is 2.21. The maximum atomic E-state index is 12.4. The SMILES string of the molecule is Cc1ccccc1CC(=O)Nc1cccc(-c2ccc3nncn3n2)c1. The predicted octanol–water partition coefficient (Wildman–Crippen LogP) is 3.28. The quantitative estimate of drug-likeness (QED) is 0.617. The highest BCUT2D eigenvalue weighted by atomic mass is 16.1. The van der Waals surface area contributed by atoms with Crippen LogP contribution in [-0.4, -0.2) is 25.7 Å². The van der Waals surface area contributed by atoms with Crippen molar-refractivity contribution in [1.29, 1.82) is 0 Å². The fourth-order valence-electron chi connectivity index (χ4n) is 2.83. The maximum Gasteiger partial charge on any atom is 0.228 e. The number of carbonyl (C=O) groups excluding carboxylic acids is 1. The van der Waals surface area contributed by atoms with E-state index in [0.717, 1.165) is 28.1 Å². The van der Waals surface area contributed by atoms with Crippen molar-refractivity contribution >= 4 is 17.2 Å². The minimum Gasteiger partial charge on any atom is -0.326 e. The molecule has 4 rings (SSSR count). The summed E-state index contributed by atoms with van der Waals surface area (Å²) in [6.07, 6.45) is 1.91. The second kappa shape index (κ2) is 6.76. The van der Waals surface area contributed by atoms with Crippen LogP contribution in [-0.2, 0) is 11.2 Å². The lowest BCUT2D eigenvalue weighted by Crippen LogP contribution is -2.15. The Balaban J connectivity index is 1.54.